The molecule has 0 saturated heterocycles. The summed E-state index contributed by atoms with van der Waals surface area (Å²) < 4.78 is 0. The Labute approximate surface area is 138 Å². The summed E-state index contributed by atoms with van der Waals surface area (Å²) >= 11 is 0. The van der Waals surface area contributed by atoms with E-state index in [4.69, 9.17) is 0 Å². The molecule has 0 bridgehead atoms. The molecule has 0 atom stereocenters. The van der Waals surface area contributed by atoms with Gasteiger partial charge in [-0.25, -0.2) is 9.89 Å². The van der Waals surface area contributed by atoms with Crippen LogP contribution >= 0.6 is 0 Å². The molecule has 0 aliphatic carbocycles. The van der Waals surface area contributed by atoms with E-state index in [2.05, 4.69) is 32.4 Å². The number of rotatable bonds is 8. The third kappa shape index (κ3) is 5.56. The van der Waals surface area contributed by atoms with Gasteiger partial charge in [0.2, 0.25) is 11.8 Å². The number of hydrogen-bond acceptors (Lipinski definition) is 4. The van der Waals surface area contributed by atoms with Gasteiger partial charge in [-0.15, -0.1) is 0 Å². The Bertz CT molecular complexity index is 761. The third-order valence-corrected chi connectivity index (χ3v) is 3.28. The molecule has 1 heterocycles. The Morgan fingerprint density at radius 1 is 1.21 bits per heavy atom. The zero-order valence-corrected chi connectivity index (χ0v) is 13.1. The van der Waals surface area contributed by atoms with E-state index < -0.39 is 0 Å². The number of carbonyl (C=O) groups excluding carboxylic acids is 2. The maximum absolute atomic E-state index is 11.8. The SMILES string of the molecule is C=CC(=O)Nc1ccc(CCC(=O)NCCc2n[nH]c(=O)[nH]2)cc1. The molecule has 0 spiro atoms. The predicted molar refractivity (Wildman–Crippen MR) is 89.5 cm³/mol. The minimum atomic E-state index is -0.357. The molecule has 126 valence electrons. The summed E-state index contributed by atoms with van der Waals surface area (Å²) in [4.78, 5) is 36.3. The Balaban J connectivity index is 1.70. The lowest BCUT2D eigenvalue weighted by atomic mass is 10.1. The van der Waals surface area contributed by atoms with Gasteiger partial charge in [0.05, 0.1) is 0 Å². The number of nitrogens with zero attached hydrogens (tertiary/aromatic N) is 1. The monoisotopic (exact) mass is 329 g/mol. The molecule has 4 N–H and O–H groups in total. The molecule has 8 nitrogen and oxygen atoms in total. The highest BCUT2D eigenvalue weighted by Crippen LogP contribution is 2.11. The van der Waals surface area contributed by atoms with E-state index in [1.165, 1.54) is 6.08 Å². The molecule has 0 radical (unpaired) electrons. The first-order valence-electron chi connectivity index (χ1n) is 7.49. The van der Waals surface area contributed by atoms with Gasteiger partial charge in [-0.2, -0.15) is 5.10 Å². The van der Waals surface area contributed by atoms with E-state index in [-0.39, 0.29) is 17.5 Å². The number of amides is 2. The van der Waals surface area contributed by atoms with Crippen LogP contribution in [-0.4, -0.2) is 33.5 Å². The van der Waals surface area contributed by atoms with E-state index >= 15 is 0 Å². The van der Waals surface area contributed by atoms with Gasteiger partial charge in [0.15, 0.2) is 0 Å². The molecule has 2 rings (SSSR count). The van der Waals surface area contributed by atoms with Crippen molar-refractivity contribution in [2.24, 2.45) is 0 Å². The number of aromatic nitrogens is 3. The van der Waals surface area contributed by atoms with Crippen molar-refractivity contribution in [1.82, 2.24) is 20.5 Å². The zero-order chi connectivity index (χ0) is 17.4. The smallest absolute Gasteiger partial charge is 0.340 e. The molecule has 1 aromatic carbocycles. The lowest BCUT2D eigenvalue weighted by molar-refractivity contribution is -0.121. The Hall–Kier alpha value is -3.16. The second kappa shape index (κ2) is 8.47. The fraction of sp³-hybridized carbons (Fsp3) is 0.250. The summed E-state index contributed by atoms with van der Waals surface area (Å²) in [5, 5.41) is 11.5. The van der Waals surface area contributed by atoms with Gasteiger partial charge in [-0.05, 0) is 30.2 Å². The molecule has 2 aromatic rings. The van der Waals surface area contributed by atoms with Crippen LogP contribution in [0, 0.1) is 0 Å². The second-order valence-electron chi connectivity index (χ2n) is 5.11. The number of aryl methyl sites for hydroxylation is 1. The van der Waals surface area contributed by atoms with E-state index in [1.807, 2.05) is 12.1 Å². The van der Waals surface area contributed by atoms with Gasteiger partial charge in [0.25, 0.3) is 0 Å². The normalized spacial score (nSPS) is 10.2. The average molecular weight is 329 g/mol. The molecule has 24 heavy (non-hydrogen) atoms. The second-order valence-corrected chi connectivity index (χ2v) is 5.11. The van der Waals surface area contributed by atoms with Crippen LogP contribution in [0.1, 0.15) is 17.8 Å². The summed E-state index contributed by atoms with van der Waals surface area (Å²) in [6.07, 6.45) is 2.62. The third-order valence-electron chi connectivity index (χ3n) is 3.28. The maximum Gasteiger partial charge on any atom is 0.340 e. The summed E-state index contributed by atoms with van der Waals surface area (Å²) in [7, 11) is 0. The van der Waals surface area contributed by atoms with Crippen LogP contribution in [0.25, 0.3) is 0 Å². The van der Waals surface area contributed by atoms with Crippen LogP contribution in [0.4, 0.5) is 5.69 Å². The number of H-pyrrole nitrogens is 2. The lowest BCUT2D eigenvalue weighted by Gasteiger charge is -2.06. The standard InChI is InChI=1S/C16H19N5O3/c1-2-14(22)18-12-6-3-11(4-7-12)5-8-15(23)17-10-9-13-19-16(24)21-20-13/h2-4,6-7H,1,5,8-10H2,(H,17,23)(H,18,22)(H2,19,20,21,24). The fourth-order valence-electron chi connectivity index (χ4n) is 2.04. The number of aromatic amines is 2. The van der Waals surface area contributed by atoms with Gasteiger partial charge in [-0.1, -0.05) is 18.7 Å². The van der Waals surface area contributed by atoms with Crippen molar-refractivity contribution in [1.29, 1.82) is 0 Å². The largest absolute Gasteiger partial charge is 0.356 e. The summed E-state index contributed by atoms with van der Waals surface area (Å²) in [5.41, 5.74) is 1.32. The molecule has 0 aliphatic rings. The van der Waals surface area contributed by atoms with Crippen LogP contribution in [0.15, 0.2) is 41.7 Å². The van der Waals surface area contributed by atoms with Crippen LogP contribution < -0.4 is 16.3 Å². The van der Waals surface area contributed by atoms with E-state index in [1.54, 1.807) is 12.1 Å². The Kier molecular flexibility index (Phi) is 6.07. The van der Waals surface area contributed by atoms with Gasteiger partial charge < -0.3 is 10.6 Å². The summed E-state index contributed by atoms with van der Waals surface area (Å²) in [5.74, 6) is 0.176. The molecule has 2 amide bonds. The van der Waals surface area contributed by atoms with Gasteiger partial charge in [-0.3, -0.25) is 14.6 Å². The van der Waals surface area contributed by atoms with Gasteiger partial charge in [0, 0.05) is 25.1 Å². The van der Waals surface area contributed by atoms with Crippen molar-refractivity contribution < 1.29 is 9.59 Å². The highest BCUT2D eigenvalue weighted by Gasteiger charge is 2.04. The minimum Gasteiger partial charge on any atom is -0.356 e. The molecule has 0 aliphatic heterocycles. The van der Waals surface area contributed by atoms with Crippen LogP contribution in [0.3, 0.4) is 0 Å². The topological polar surface area (TPSA) is 120 Å². The number of carbonyl (C=O) groups is 2. The molecule has 0 unspecified atom stereocenters. The molecular weight excluding hydrogens is 310 g/mol. The molecule has 0 fully saturated rings. The Morgan fingerprint density at radius 2 is 1.96 bits per heavy atom. The first-order chi connectivity index (χ1) is 11.6. The number of benzene rings is 1. The fourth-order valence-corrected chi connectivity index (χ4v) is 2.04. The van der Waals surface area contributed by atoms with Crippen molar-refractivity contribution in [3.05, 3.63) is 58.8 Å². The lowest BCUT2D eigenvalue weighted by Crippen LogP contribution is -2.26. The maximum atomic E-state index is 11.8. The average Bonchev–Trinajstić information content (AvgIpc) is 2.99. The van der Waals surface area contributed by atoms with Crippen molar-refractivity contribution in [3.8, 4) is 0 Å². The predicted octanol–water partition coefficient (Wildman–Crippen LogP) is 0.514. The highest BCUT2D eigenvalue weighted by atomic mass is 16.2. The molecule has 1 aromatic heterocycles. The molecular formula is C16H19N5O3. The molecule has 0 saturated carbocycles. The number of nitrogens with one attached hydrogen (secondary N) is 4. The van der Waals surface area contributed by atoms with Crippen LogP contribution in [0.5, 0.6) is 0 Å². The van der Waals surface area contributed by atoms with E-state index in [0.717, 1.165) is 5.56 Å². The van der Waals surface area contributed by atoms with Gasteiger partial charge in [0.1, 0.15) is 5.82 Å². The van der Waals surface area contributed by atoms with E-state index in [9.17, 15) is 14.4 Å². The number of anilines is 1. The quantitative estimate of drug-likeness (QED) is 0.528. The first-order valence-corrected chi connectivity index (χ1v) is 7.49. The van der Waals surface area contributed by atoms with Crippen molar-refractivity contribution in [3.63, 3.8) is 0 Å². The van der Waals surface area contributed by atoms with Gasteiger partial charge >= 0.3 is 5.69 Å². The summed E-state index contributed by atoms with van der Waals surface area (Å²) in [6.45, 7) is 3.80. The van der Waals surface area contributed by atoms with Crippen molar-refractivity contribution in [2.45, 2.75) is 19.3 Å². The molecule has 8 heteroatoms. The van der Waals surface area contributed by atoms with Crippen LogP contribution in [-0.2, 0) is 22.4 Å². The van der Waals surface area contributed by atoms with Crippen molar-refractivity contribution in [2.75, 3.05) is 11.9 Å². The van der Waals surface area contributed by atoms with Crippen molar-refractivity contribution >= 4 is 17.5 Å². The van der Waals surface area contributed by atoms with E-state index in [0.29, 0.717) is 37.3 Å². The van der Waals surface area contributed by atoms with Crippen LogP contribution in [0.2, 0.25) is 0 Å². The first kappa shape index (κ1) is 17.2. The minimum absolute atomic E-state index is 0.0723. The zero-order valence-electron chi connectivity index (χ0n) is 13.1. The Morgan fingerprint density at radius 3 is 2.58 bits per heavy atom. The highest BCUT2D eigenvalue weighted by molar-refractivity contribution is 5.98. The number of hydrogen-bond donors (Lipinski definition) is 4. The summed E-state index contributed by atoms with van der Waals surface area (Å²) in [6, 6.07) is 7.28.